The first-order chi connectivity index (χ1) is 14.8. The molecule has 4 aromatic rings. The highest BCUT2D eigenvalue weighted by Crippen LogP contribution is 2.27. The van der Waals surface area contributed by atoms with Crippen LogP contribution in [0.5, 0.6) is 0 Å². The number of hydrogen-bond acceptors (Lipinski definition) is 3. The fourth-order valence-electron chi connectivity index (χ4n) is 3.87. The third kappa shape index (κ3) is 4.08. The van der Waals surface area contributed by atoms with Crippen molar-refractivity contribution >= 4 is 16.9 Å². The standard InChI is InChI=1S/C24H26FN5O/c1-14(2)22(24-26-19-7-5-6-8-20(19)30(24)4)27-21(31)13-18-15(3)28-29-23(18)16-9-11-17(25)12-10-16/h5-12,14,22H,13H2,1-4H3,(H,27,31)(H,28,29)/t22-/m0/s1. The predicted molar refractivity (Wildman–Crippen MR) is 119 cm³/mol. The zero-order valence-electron chi connectivity index (χ0n) is 18.1. The molecular formula is C24H26FN5O. The van der Waals surface area contributed by atoms with Crippen LogP contribution in [0.3, 0.4) is 0 Å². The average Bonchev–Trinajstić information content (AvgIpc) is 3.27. The van der Waals surface area contributed by atoms with Crippen LogP contribution in [-0.2, 0) is 18.3 Å². The Balaban J connectivity index is 1.59. The fourth-order valence-corrected chi connectivity index (χ4v) is 3.87. The second-order valence-electron chi connectivity index (χ2n) is 8.17. The first-order valence-corrected chi connectivity index (χ1v) is 10.4. The van der Waals surface area contributed by atoms with Gasteiger partial charge in [0, 0.05) is 23.9 Å². The summed E-state index contributed by atoms with van der Waals surface area (Å²) in [7, 11) is 1.97. The molecule has 0 radical (unpaired) electrons. The number of aromatic nitrogens is 4. The largest absolute Gasteiger partial charge is 0.346 e. The van der Waals surface area contributed by atoms with Crippen molar-refractivity contribution in [2.75, 3.05) is 0 Å². The number of carbonyl (C=O) groups excluding carboxylic acids is 1. The summed E-state index contributed by atoms with van der Waals surface area (Å²) in [4.78, 5) is 17.8. The van der Waals surface area contributed by atoms with Gasteiger partial charge in [0.2, 0.25) is 5.91 Å². The van der Waals surface area contributed by atoms with Crippen molar-refractivity contribution in [3.8, 4) is 11.3 Å². The van der Waals surface area contributed by atoms with Gasteiger partial charge in [0.05, 0.1) is 29.2 Å². The molecule has 0 unspecified atom stereocenters. The van der Waals surface area contributed by atoms with E-state index in [1.165, 1.54) is 12.1 Å². The number of halogens is 1. The van der Waals surface area contributed by atoms with Gasteiger partial charge in [0.15, 0.2) is 0 Å². The number of H-pyrrole nitrogens is 1. The van der Waals surface area contributed by atoms with Crippen LogP contribution in [0.2, 0.25) is 0 Å². The van der Waals surface area contributed by atoms with Gasteiger partial charge in [0.1, 0.15) is 11.6 Å². The first-order valence-electron chi connectivity index (χ1n) is 10.4. The number of rotatable bonds is 6. The van der Waals surface area contributed by atoms with Gasteiger partial charge in [-0.15, -0.1) is 0 Å². The summed E-state index contributed by atoms with van der Waals surface area (Å²) < 4.78 is 15.3. The summed E-state index contributed by atoms with van der Waals surface area (Å²) in [5, 5.41) is 10.5. The molecule has 0 fully saturated rings. The smallest absolute Gasteiger partial charge is 0.225 e. The van der Waals surface area contributed by atoms with E-state index in [0.717, 1.165) is 33.7 Å². The number of aromatic amines is 1. The van der Waals surface area contributed by atoms with Crippen molar-refractivity contribution in [1.82, 2.24) is 25.1 Å². The van der Waals surface area contributed by atoms with Crippen LogP contribution in [0.15, 0.2) is 48.5 Å². The minimum atomic E-state index is -0.308. The molecule has 0 saturated carbocycles. The molecule has 2 aromatic heterocycles. The van der Waals surface area contributed by atoms with E-state index in [0.29, 0.717) is 5.69 Å². The molecule has 2 heterocycles. The van der Waals surface area contributed by atoms with Crippen molar-refractivity contribution in [1.29, 1.82) is 0 Å². The molecule has 1 atom stereocenters. The maximum atomic E-state index is 13.3. The number of fused-ring (bicyclic) bond motifs is 1. The van der Waals surface area contributed by atoms with Gasteiger partial charge in [-0.05, 0) is 49.2 Å². The van der Waals surface area contributed by atoms with Crippen molar-refractivity contribution in [3.05, 3.63) is 71.4 Å². The highest BCUT2D eigenvalue weighted by atomic mass is 19.1. The Labute approximate surface area is 180 Å². The molecule has 0 aliphatic heterocycles. The SMILES string of the molecule is Cc1[nH]nc(-c2ccc(F)cc2)c1CC(=O)N[C@H](c1nc2ccccc2n1C)C(C)C. The third-order valence-corrected chi connectivity index (χ3v) is 5.61. The fraction of sp³-hybridized carbons (Fsp3) is 0.292. The molecule has 160 valence electrons. The number of aryl methyl sites for hydroxylation is 2. The molecule has 31 heavy (non-hydrogen) atoms. The number of imidazole rings is 1. The van der Waals surface area contributed by atoms with Gasteiger partial charge >= 0.3 is 0 Å². The van der Waals surface area contributed by atoms with Crippen molar-refractivity contribution in [3.63, 3.8) is 0 Å². The number of nitrogens with zero attached hydrogens (tertiary/aromatic N) is 3. The third-order valence-electron chi connectivity index (χ3n) is 5.61. The lowest BCUT2D eigenvalue weighted by Gasteiger charge is -2.22. The second kappa shape index (κ2) is 8.34. The Hall–Kier alpha value is -3.48. The Morgan fingerprint density at radius 3 is 2.55 bits per heavy atom. The van der Waals surface area contributed by atoms with Crippen LogP contribution in [0.1, 0.15) is 37.0 Å². The zero-order chi connectivity index (χ0) is 22.1. The van der Waals surface area contributed by atoms with Crippen LogP contribution in [0.25, 0.3) is 22.3 Å². The summed E-state index contributed by atoms with van der Waals surface area (Å²) in [6, 6.07) is 13.8. The maximum Gasteiger partial charge on any atom is 0.225 e. The Kier molecular flexibility index (Phi) is 5.59. The van der Waals surface area contributed by atoms with Gasteiger partial charge in [-0.25, -0.2) is 9.37 Å². The molecule has 4 rings (SSSR count). The molecule has 2 aromatic carbocycles. The summed E-state index contributed by atoms with van der Waals surface area (Å²) in [6.07, 6.45) is 0.169. The van der Waals surface area contributed by atoms with Crippen LogP contribution < -0.4 is 5.32 Å². The Bertz CT molecular complexity index is 1220. The predicted octanol–water partition coefficient (Wildman–Crippen LogP) is 4.47. The Morgan fingerprint density at radius 2 is 1.87 bits per heavy atom. The molecular weight excluding hydrogens is 393 g/mol. The van der Waals surface area contributed by atoms with E-state index < -0.39 is 0 Å². The van der Waals surface area contributed by atoms with Crippen molar-refractivity contribution < 1.29 is 9.18 Å². The molecule has 0 aliphatic carbocycles. The number of hydrogen-bond donors (Lipinski definition) is 2. The van der Waals surface area contributed by atoms with Gasteiger partial charge in [0.25, 0.3) is 0 Å². The van der Waals surface area contributed by atoms with Crippen LogP contribution in [0.4, 0.5) is 4.39 Å². The van der Waals surface area contributed by atoms with Crippen molar-refractivity contribution in [2.24, 2.45) is 13.0 Å². The lowest BCUT2D eigenvalue weighted by molar-refractivity contribution is -0.121. The summed E-state index contributed by atoms with van der Waals surface area (Å²) in [5.41, 5.74) is 4.99. The molecule has 0 spiro atoms. The molecule has 2 N–H and O–H groups in total. The highest BCUT2D eigenvalue weighted by Gasteiger charge is 2.25. The minimum absolute atomic E-state index is 0.112. The number of nitrogens with one attached hydrogen (secondary N) is 2. The number of amides is 1. The first kappa shape index (κ1) is 20.8. The number of para-hydroxylation sites is 2. The number of benzene rings is 2. The molecule has 6 nitrogen and oxygen atoms in total. The summed E-state index contributed by atoms with van der Waals surface area (Å²) in [5.74, 6) is 0.560. The topological polar surface area (TPSA) is 75.6 Å². The molecule has 1 amide bonds. The average molecular weight is 420 g/mol. The minimum Gasteiger partial charge on any atom is -0.346 e. The zero-order valence-corrected chi connectivity index (χ0v) is 18.1. The van der Waals surface area contributed by atoms with E-state index in [9.17, 15) is 9.18 Å². The quantitative estimate of drug-likeness (QED) is 0.484. The van der Waals surface area contributed by atoms with Gasteiger partial charge in [-0.3, -0.25) is 9.89 Å². The molecule has 7 heteroatoms. The van der Waals surface area contributed by atoms with Crippen LogP contribution in [-0.4, -0.2) is 25.7 Å². The maximum absolute atomic E-state index is 13.3. The van der Waals surface area contributed by atoms with E-state index in [-0.39, 0.29) is 30.1 Å². The molecule has 0 aliphatic rings. The van der Waals surface area contributed by atoms with Crippen LogP contribution >= 0.6 is 0 Å². The highest BCUT2D eigenvalue weighted by molar-refractivity contribution is 5.82. The monoisotopic (exact) mass is 419 g/mol. The normalized spacial score (nSPS) is 12.5. The lowest BCUT2D eigenvalue weighted by Crippen LogP contribution is -2.34. The van der Waals surface area contributed by atoms with Gasteiger partial charge in [-0.2, -0.15) is 5.10 Å². The lowest BCUT2D eigenvalue weighted by atomic mass is 10.0. The van der Waals surface area contributed by atoms with Crippen molar-refractivity contribution in [2.45, 2.75) is 33.2 Å². The molecule has 0 bridgehead atoms. The van der Waals surface area contributed by atoms with E-state index in [2.05, 4.69) is 29.4 Å². The van der Waals surface area contributed by atoms with E-state index in [4.69, 9.17) is 4.98 Å². The number of carbonyl (C=O) groups is 1. The van der Waals surface area contributed by atoms with E-state index in [1.54, 1.807) is 12.1 Å². The molecule has 0 saturated heterocycles. The van der Waals surface area contributed by atoms with Crippen LogP contribution in [0, 0.1) is 18.7 Å². The summed E-state index contributed by atoms with van der Waals surface area (Å²) >= 11 is 0. The summed E-state index contributed by atoms with van der Waals surface area (Å²) in [6.45, 7) is 6.02. The Morgan fingerprint density at radius 1 is 1.16 bits per heavy atom. The van der Waals surface area contributed by atoms with Gasteiger partial charge < -0.3 is 9.88 Å². The van der Waals surface area contributed by atoms with E-state index in [1.807, 2.05) is 42.8 Å². The van der Waals surface area contributed by atoms with Gasteiger partial charge in [-0.1, -0.05) is 26.0 Å². The van der Waals surface area contributed by atoms with E-state index >= 15 is 0 Å². The second-order valence-corrected chi connectivity index (χ2v) is 8.17.